The summed E-state index contributed by atoms with van der Waals surface area (Å²) in [5.41, 5.74) is -0.926. The smallest absolute Gasteiger partial charge is 0.334 e. The van der Waals surface area contributed by atoms with Crippen molar-refractivity contribution < 1.29 is 18.0 Å². The largest absolute Gasteiger partial charge is 0.416 e. The van der Waals surface area contributed by atoms with Gasteiger partial charge in [0.1, 0.15) is 0 Å². The molecule has 0 aromatic heterocycles. The van der Waals surface area contributed by atoms with Gasteiger partial charge in [-0.15, -0.1) is 0 Å². The molecule has 0 radical (unpaired) electrons. The van der Waals surface area contributed by atoms with E-state index >= 15 is 0 Å². The lowest BCUT2D eigenvalue weighted by Gasteiger charge is -2.14. The Morgan fingerprint density at radius 3 is 2.75 bits per heavy atom. The Kier molecular flexibility index (Phi) is 4.39. The molecule has 1 aliphatic heterocycles. The molecular weight excluding hydrogens is 295 g/mol. The Bertz CT molecular complexity index is 501. The van der Waals surface area contributed by atoms with E-state index in [9.17, 15) is 18.0 Å². The topological polar surface area (TPSA) is 53.2 Å². The summed E-state index contributed by atoms with van der Waals surface area (Å²) in [6.07, 6.45) is -3.70. The van der Waals surface area contributed by atoms with Crippen LogP contribution in [0, 0.1) is 0 Å². The van der Waals surface area contributed by atoms with E-state index in [-0.39, 0.29) is 16.8 Å². The zero-order valence-corrected chi connectivity index (χ0v) is 11.1. The van der Waals surface area contributed by atoms with E-state index < -0.39 is 17.8 Å². The van der Waals surface area contributed by atoms with Crippen LogP contribution in [-0.4, -0.2) is 25.2 Å². The van der Waals surface area contributed by atoms with E-state index in [1.54, 1.807) is 0 Å². The van der Waals surface area contributed by atoms with Crippen molar-refractivity contribution in [1.29, 1.82) is 0 Å². The fraction of sp³-hybridized carbons (Fsp3) is 0.417. The van der Waals surface area contributed by atoms with Crippen molar-refractivity contribution in [2.24, 2.45) is 0 Å². The van der Waals surface area contributed by atoms with Gasteiger partial charge in [0.15, 0.2) is 0 Å². The van der Waals surface area contributed by atoms with E-state index in [1.165, 1.54) is 0 Å². The maximum absolute atomic E-state index is 12.6. The highest BCUT2D eigenvalue weighted by atomic mass is 35.5. The lowest BCUT2D eigenvalue weighted by atomic mass is 10.2. The lowest BCUT2D eigenvalue weighted by Crippen LogP contribution is -2.39. The zero-order chi connectivity index (χ0) is 14.8. The molecule has 1 heterocycles. The first-order valence-corrected chi connectivity index (χ1v) is 6.39. The summed E-state index contributed by atoms with van der Waals surface area (Å²) in [6, 6.07) is 2.19. The van der Waals surface area contributed by atoms with Crippen LogP contribution < -0.4 is 16.0 Å². The van der Waals surface area contributed by atoms with Crippen LogP contribution in [0.1, 0.15) is 12.0 Å². The number of hydrogen-bond acceptors (Lipinski definition) is 2. The van der Waals surface area contributed by atoms with Gasteiger partial charge >= 0.3 is 12.2 Å². The minimum Gasteiger partial charge on any atom is -0.334 e. The molecule has 1 aromatic rings. The predicted octanol–water partition coefficient (Wildman–Crippen LogP) is 2.84. The molecule has 1 aliphatic rings. The Balaban J connectivity index is 2.06. The third kappa shape index (κ3) is 3.77. The Morgan fingerprint density at radius 1 is 1.40 bits per heavy atom. The predicted molar refractivity (Wildman–Crippen MR) is 69.9 cm³/mol. The minimum atomic E-state index is -4.48. The second-order valence-corrected chi connectivity index (χ2v) is 4.89. The normalized spacial score (nSPS) is 18.9. The van der Waals surface area contributed by atoms with Crippen molar-refractivity contribution in [3.8, 4) is 0 Å². The average Bonchev–Trinajstić information content (AvgIpc) is 2.83. The average molecular weight is 308 g/mol. The molecule has 1 fully saturated rings. The van der Waals surface area contributed by atoms with E-state index in [0.29, 0.717) is 6.54 Å². The van der Waals surface area contributed by atoms with E-state index in [4.69, 9.17) is 11.6 Å². The van der Waals surface area contributed by atoms with Crippen LogP contribution in [-0.2, 0) is 6.18 Å². The summed E-state index contributed by atoms with van der Waals surface area (Å²) in [5, 5.41) is 8.12. The summed E-state index contributed by atoms with van der Waals surface area (Å²) < 4.78 is 37.8. The van der Waals surface area contributed by atoms with Crippen molar-refractivity contribution >= 4 is 23.3 Å². The first kappa shape index (κ1) is 14.9. The molecule has 20 heavy (non-hydrogen) atoms. The summed E-state index contributed by atoms with van der Waals surface area (Å²) in [7, 11) is 0. The highest BCUT2D eigenvalue weighted by Gasteiger charge is 2.31. The molecular formula is C12H13ClF3N3O. The maximum atomic E-state index is 12.6. The van der Waals surface area contributed by atoms with Crippen LogP contribution in [0.4, 0.5) is 23.7 Å². The highest BCUT2D eigenvalue weighted by Crippen LogP contribution is 2.33. The third-order valence-corrected chi connectivity index (χ3v) is 3.27. The molecule has 1 atom stereocenters. The number of hydrogen-bond donors (Lipinski definition) is 3. The van der Waals surface area contributed by atoms with Crippen molar-refractivity contribution in [3.63, 3.8) is 0 Å². The summed E-state index contributed by atoms with van der Waals surface area (Å²) >= 11 is 5.78. The number of carbonyl (C=O) groups is 1. The molecule has 0 spiro atoms. The van der Waals surface area contributed by atoms with Crippen molar-refractivity contribution in [2.75, 3.05) is 18.4 Å². The van der Waals surface area contributed by atoms with Crippen molar-refractivity contribution in [3.05, 3.63) is 28.8 Å². The number of rotatable bonds is 2. The Morgan fingerprint density at radius 2 is 2.15 bits per heavy atom. The summed E-state index contributed by atoms with van der Waals surface area (Å²) in [5.74, 6) is 0. The van der Waals surface area contributed by atoms with Gasteiger partial charge in [-0.2, -0.15) is 13.2 Å². The van der Waals surface area contributed by atoms with Crippen LogP contribution >= 0.6 is 11.6 Å². The molecule has 0 bridgehead atoms. The fourth-order valence-corrected chi connectivity index (χ4v) is 2.08. The molecule has 2 rings (SSSR count). The zero-order valence-electron chi connectivity index (χ0n) is 10.4. The number of urea groups is 1. The van der Waals surface area contributed by atoms with Crippen LogP contribution in [0.25, 0.3) is 0 Å². The highest BCUT2D eigenvalue weighted by molar-refractivity contribution is 6.33. The molecule has 2 amide bonds. The third-order valence-electron chi connectivity index (χ3n) is 2.94. The van der Waals surface area contributed by atoms with Crippen LogP contribution in [0.5, 0.6) is 0 Å². The molecule has 0 aliphatic carbocycles. The summed E-state index contributed by atoms with van der Waals surface area (Å²) in [6.45, 7) is 1.44. The van der Waals surface area contributed by atoms with Crippen molar-refractivity contribution in [2.45, 2.75) is 18.6 Å². The molecule has 1 saturated heterocycles. The van der Waals surface area contributed by atoms with Gasteiger partial charge in [-0.25, -0.2) is 4.79 Å². The monoisotopic (exact) mass is 307 g/mol. The first-order valence-electron chi connectivity index (χ1n) is 6.01. The second kappa shape index (κ2) is 5.88. The van der Waals surface area contributed by atoms with E-state index in [2.05, 4.69) is 16.0 Å². The SMILES string of the molecule is O=C(Nc1cc(C(F)(F)F)ccc1Cl)N[C@@H]1CCNC1. The molecule has 0 saturated carbocycles. The van der Waals surface area contributed by atoms with Crippen LogP contribution in [0.2, 0.25) is 5.02 Å². The van der Waals surface area contributed by atoms with Gasteiger partial charge in [-0.3, -0.25) is 0 Å². The van der Waals surface area contributed by atoms with Gasteiger partial charge < -0.3 is 16.0 Å². The van der Waals surface area contributed by atoms with Gasteiger partial charge in [-0.05, 0) is 31.2 Å². The van der Waals surface area contributed by atoms with Gasteiger partial charge in [-0.1, -0.05) is 11.6 Å². The second-order valence-electron chi connectivity index (χ2n) is 4.48. The van der Waals surface area contributed by atoms with Gasteiger partial charge in [0.2, 0.25) is 0 Å². The fourth-order valence-electron chi connectivity index (χ4n) is 1.92. The molecule has 1 aromatic carbocycles. The lowest BCUT2D eigenvalue weighted by molar-refractivity contribution is -0.137. The van der Waals surface area contributed by atoms with Crippen molar-refractivity contribution in [1.82, 2.24) is 10.6 Å². The standard InChI is InChI=1S/C12H13ClF3N3O/c13-9-2-1-7(12(14,15)16)5-10(9)19-11(20)18-8-3-4-17-6-8/h1-2,5,8,17H,3-4,6H2,(H2,18,19,20)/t8-/m1/s1. The molecule has 110 valence electrons. The number of halogens is 4. The number of alkyl halides is 3. The quantitative estimate of drug-likeness (QED) is 0.787. The molecule has 8 heteroatoms. The van der Waals surface area contributed by atoms with E-state index in [0.717, 1.165) is 31.2 Å². The van der Waals surface area contributed by atoms with E-state index in [1.807, 2.05) is 0 Å². The Hall–Kier alpha value is -1.47. The molecule has 4 nitrogen and oxygen atoms in total. The number of carbonyl (C=O) groups excluding carboxylic acids is 1. The van der Waals surface area contributed by atoms with Crippen LogP contribution in [0.15, 0.2) is 18.2 Å². The maximum Gasteiger partial charge on any atom is 0.416 e. The number of amides is 2. The molecule has 3 N–H and O–H groups in total. The summed E-state index contributed by atoms with van der Waals surface area (Å²) in [4.78, 5) is 11.7. The minimum absolute atomic E-state index is 0.0282. The van der Waals surface area contributed by atoms with Crippen LogP contribution in [0.3, 0.4) is 0 Å². The first-order chi connectivity index (χ1) is 9.36. The Labute approximate surface area is 118 Å². The van der Waals surface area contributed by atoms with Gasteiger partial charge in [0.25, 0.3) is 0 Å². The number of anilines is 1. The molecule has 0 unspecified atom stereocenters. The van der Waals surface area contributed by atoms with Gasteiger partial charge in [0.05, 0.1) is 16.3 Å². The number of nitrogens with one attached hydrogen (secondary N) is 3. The van der Waals surface area contributed by atoms with Gasteiger partial charge in [0, 0.05) is 12.6 Å². The number of benzene rings is 1.